The summed E-state index contributed by atoms with van der Waals surface area (Å²) in [7, 11) is 2.17. The van der Waals surface area contributed by atoms with Crippen LogP contribution in [0, 0.1) is 0 Å². The van der Waals surface area contributed by atoms with Crippen molar-refractivity contribution >= 4 is 46.4 Å². The fourth-order valence-electron chi connectivity index (χ4n) is 2.68. The average Bonchev–Trinajstić information content (AvgIpc) is 2.94. The van der Waals surface area contributed by atoms with Crippen molar-refractivity contribution < 1.29 is 24.5 Å². The lowest BCUT2D eigenvalue weighted by Crippen LogP contribution is -2.20. The van der Waals surface area contributed by atoms with Crippen molar-refractivity contribution in [3.05, 3.63) is 65.7 Å². The lowest BCUT2D eigenvalue weighted by atomic mass is 10.1. The molecule has 1 aliphatic rings. The van der Waals surface area contributed by atoms with Crippen molar-refractivity contribution in [1.29, 1.82) is 0 Å². The number of nitrogens with zero attached hydrogens (tertiary/aromatic N) is 1. The van der Waals surface area contributed by atoms with Crippen LogP contribution in [-0.2, 0) is 9.59 Å². The molecule has 1 aliphatic heterocycles. The molecule has 2 aromatic rings. The second kappa shape index (κ2) is 13.0. The highest BCUT2D eigenvalue weighted by Crippen LogP contribution is 2.43. The fourth-order valence-corrected chi connectivity index (χ4v) is 4.27. The molecule has 0 fully saturated rings. The van der Waals surface area contributed by atoms with E-state index in [2.05, 4.69) is 61.5 Å². The molecule has 32 heavy (non-hydrogen) atoms. The van der Waals surface area contributed by atoms with E-state index < -0.39 is 11.9 Å². The number of benzene rings is 2. The monoisotopic (exact) mass is 473 g/mol. The molecule has 0 unspecified atom stereocenters. The molecule has 0 aliphatic carbocycles. The van der Waals surface area contributed by atoms with Gasteiger partial charge in [0, 0.05) is 45.4 Å². The Morgan fingerprint density at radius 2 is 1.75 bits per heavy atom. The van der Waals surface area contributed by atoms with E-state index in [4.69, 9.17) is 14.9 Å². The zero-order valence-electron chi connectivity index (χ0n) is 18.3. The van der Waals surface area contributed by atoms with Gasteiger partial charge in [-0.3, -0.25) is 0 Å². The smallest absolute Gasteiger partial charge is 0.328 e. The van der Waals surface area contributed by atoms with Crippen LogP contribution in [0.3, 0.4) is 0 Å². The van der Waals surface area contributed by atoms with Crippen LogP contribution in [0.1, 0.15) is 18.1 Å². The van der Waals surface area contributed by atoms with Gasteiger partial charge in [0.15, 0.2) is 0 Å². The van der Waals surface area contributed by atoms with Crippen LogP contribution < -0.4 is 4.74 Å². The standard InChI is InChI=1S/C20H23NOS2.C4H4O4/c1-4-21(2)11-12-24-20-13-15-7-5-6-8-18(15)22-19-10-9-16(23-3)14-17(19)20;5-3(6)1-2-4(7)8/h5-10,13-14H,4,11-12H2,1-3H3;1-2H,(H,5,6)(H,7,8)/b;2-1-. The number of aliphatic carboxylic acids is 2. The topological polar surface area (TPSA) is 87.1 Å². The van der Waals surface area contributed by atoms with E-state index in [-0.39, 0.29) is 0 Å². The SMILES string of the molecule is CCN(C)CCSC1=Cc2ccccc2Oc2ccc(SC)cc21.O=C(O)/C=C\C(=O)O. The van der Waals surface area contributed by atoms with E-state index in [1.54, 1.807) is 11.8 Å². The lowest BCUT2D eigenvalue weighted by Gasteiger charge is -2.15. The number of carboxylic acids is 2. The van der Waals surface area contributed by atoms with E-state index in [0.29, 0.717) is 12.2 Å². The summed E-state index contributed by atoms with van der Waals surface area (Å²) in [5.41, 5.74) is 2.34. The molecule has 0 saturated carbocycles. The van der Waals surface area contributed by atoms with Crippen LogP contribution in [0.2, 0.25) is 0 Å². The number of fused-ring (bicyclic) bond motifs is 2. The van der Waals surface area contributed by atoms with Crippen LogP contribution >= 0.6 is 23.5 Å². The minimum Gasteiger partial charge on any atom is -0.478 e. The minimum absolute atomic E-state index is 0.558. The van der Waals surface area contributed by atoms with Crippen molar-refractivity contribution in [1.82, 2.24) is 4.90 Å². The molecule has 0 atom stereocenters. The van der Waals surface area contributed by atoms with Crippen LogP contribution in [0.4, 0.5) is 0 Å². The largest absolute Gasteiger partial charge is 0.478 e. The Morgan fingerprint density at radius 3 is 2.38 bits per heavy atom. The third kappa shape index (κ3) is 8.11. The number of ether oxygens (including phenoxy) is 1. The van der Waals surface area contributed by atoms with Gasteiger partial charge in [-0.2, -0.15) is 0 Å². The van der Waals surface area contributed by atoms with Crippen LogP contribution in [-0.4, -0.2) is 59.2 Å². The number of thioether (sulfide) groups is 2. The summed E-state index contributed by atoms with van der Waals surface area (Å²) in [6, 6.07) is 14.7. The third-order valence-corrected chi connectivity index (χ3v) is 6.28. The maximum absolute atomic E-state index is 9.55. The first kappa shape index (κ1) is 25.6. The van der Waals surface area contributed by atoms with Crippen LogP contribution in [0.25, 0.3) is 11.0 Å². The molecule has 0 radical (unpaired) electrons. The van der Waals surface area contributed by atoms with Crippen molar-refractivity contribution in [2.75, 3.05) is 32.1 Å². The van der Waals surface area contributed by atoms with Gasteiger partial charge in [0.25, 0.3) is 0 Å². The summed E-state index contributed by atoms with van der Waals surface area (Å²) in [5.74, 6) is 0.429. The van der Waals surface area contributed by atoms with Crippen molar-refractivity contribution in [3.63, 3.8) is 0 Å². The quantitative estimate of drug-likeness (QED) is 0.389. The number of rotatable bonds is 8. The molecule has 3 rings (SSSR count). The maximum atomic E-state index is 9.55. The molecule has 0 amide bonds. The second-order valence-electron chi connectivity index (χ2n) is 6.76. The van der Waals surface area contributed by atoms with E-state index >= 15 is 0 Å². The summed E-state index contributed by atoms with van der Waals surface area (Å²) in [6.45, 7) is 4.36. The molecule has 2 N–H and O–H groups in total. The highest BCUT2D eigenvalue weighted by molar-refractivity contribution is 8.08. The fraction of sp³-hybridized carbons (Fsp3) is 0.250. The number of hydrogen-bond donors (Lipinski definition) is 2. The van der Waals surface area contributed by atoms with E-state index in [1.165, 1.54) is 15.4 Å². The van der Waals surface area contributed by atoms with Crippen molar-refractivity contribution in [2.24, 2.45) is 0 Å². The number of hydrogen-bond acceptors (Lipinski definition) is 6. The Hall–Kier alpha value is -2.68. The second-order valence-corrected chi connectivity index (χ2v) is 8.78. The van der Waals surface area contributed by atoms with Crippen molar-refractivity contribution in [2.45, 2.75) is 11.8 Å². The number of para-hydroxylation sites is 1. The molecule has 1 heterocycles. The predicted molar refractivity (Wildman–Crippen MR) is 133 cm³/mol. The Balaban J connectivity index is 0.000000390. The van der Waals surface area contributed by atoms with E-state index in [9.17, 15) is 9.59 Å². The normalized spacial score (nSPS) is 12.1. The molecular formula is C24H27NO5S2. The average molecular weight is 474 g/mol. The molecule has 0 aromatic heterocycles. The van der Waals surface area contributed by atoms with E-state index in [0.717, 1.165) is 35.9 Å². The Kier molecular flexibility index (Phi) is 10.4. The Labute approximate surface area is 197 Å². The van der Waals surface area contributed by atoms with E-state index in [1.807, 2.05) is 23.9 Å². The summed E-state index contributed by atoms with van der Waals surface area (Å²) in [5, 5.41) is 15.6. The van der Waals surface area contributed by atoms with Gasteiger partial charge < -0.3 is 19.8 Å². The molecule has 0 saturated heterocycles. The molecule has 170 valence electrons. The van der Waals surface area contributed by atoms with Gasteiger partial charge in [-0.25, -0.2) is 9.59 Å². The highest BCUT2D eigenvalue weighted by atomic mass is 32.2. The maximum Gasteiger partial charge on any atom is 0.328 e. The highest BCUT2D eigenvalue weighted by Gasteiger charge is 2.17. The first-order valence-electron chi connectivity index (χ1n) is 9.96. The first-order valence-corrected chi connectivity index (χ1v) is 12.2. The molecular weight excluding hydrogens is 446 g/mol. The zero-order valence-corrected chi connectivity index (χ0v) is 19.9. The van der Waals surface area contributed by atoms with Gasteiger partial charge >= 0.3 is 11.9 Å². The summed E-state index contributed by atoms with van der Waals surface area (Å²) < 4.78 is 6.20. The summed E-state index contributed by atoms with van der Waals surface area (Å²) in [6.07, 6.45) is 5.49. The van der Waals surface area contributed by atoms with Crippen molar-refractivity contribution in [3.8, 4) is 11.5 Å². The van der Waals surface area contributed by atoms with Gasteiger partial charge in [-0.1, -0.05) is 25.1 Å². The zero-order chi connectivity index (χ0) is 23.5. The molecule has 2 aromatic carbocycles. The van der Waals surface area contributed by atoms with Gasteiger partial charge in [0.1, 0.15) is 11.5 Å². The molecule has 0 bridgehead atoms. The molecule has 6 nitrogen and oxygen atoms in total. The molecule has 0 spiro atoms. The third-order valence-electron chi connectivity index (χ3n) is 4.52. The van der Waals surface area contributed by atoms with Gasteiger partial charge in [0.05, 0.1) is 0 Å². The molecule has 8 heteroatoms. The van der Waals surface area contributed by atoms with Crippen LogP contribution in [0.15, 0.2) is 59.5 Å². The minimum atomic E-state index is -1.26. The Bertz CT molecular complexity index is 988. The lowest BCUT2D eigenvalue weighted by molar-refractivity contribution is -0.134. The van der Waals surface area contributed by atoms with Gasteiger partial charge in [0.2, 0.25) is 0 Å². The predicted octanol–water partition coefficient (Wildman–Crippen LogP) is 5.41. The van der Waals surface area contributed by atoms with Gasteiger partial charge in [-0.05, 0) is 50.2 Å². The van der Waals surface area contributed by atoms with Crippen LogP contribution in [0.5, 0.6) is 11.5 Å². The van der Waals surface area contributed by atoms with Gasteiger partial charge in [-0.15, -0.1) is 23.5 Å². The summed E-state index contributed by atoms with van der Waals surface area (Å²) in [4.78, 5) is 24.0. The first-order chi connectivity index (χ1) is 15.3. The summed E-state index contributed by atoms with van der Waals surface area (Å²) >= 11 is 3.68. The number of carboxylic acid groups (broad SMARTS) is 2. The Morgan fingerprint density at radius 1 is 1.06 bits per heavy atom. The number of carbonyl (C=O) groups is 2.